The van der Waals surface area contributed by atoms with Gasteiger partial charge in [0.2, 0.25) is 0 Å². The van der Waals surface area contributed by atoms with Gasteiger partial charge in [0.25, 0.3) is 0 Å². The lowest BCUT2D eigenvalue weighted by Crippen LogP contribution is -2.29. The Balaban J connectivity index is 2.36. The zero-order chi connectivity index (χ0) is 9.97. The van der Waals surface area contributed by atoms with Crippen LogP contribution >= 0.6 is 0 Å². The minimum Gasteiger partial charge on any atom is -0.399 e. The molecule has 72 valence electrons. The van der Waals surface area contributed by atoms with Crippen molar-refractivity contribution >= 4 is 11.4 Å². The number of hydrogen-bond donors (Lipinski definition) is 1. The van der Waals surface area contributed by atoms with Crippen LogP contribution in [0.5, 0.6) is 0 Å². The molecule has 0 atom stereocenters. The highest BCUT2D eigenvalue weighted by atomic mass is 15.1. The Morgan fingerprint density at radius 3 is 3.14 bits per heavy atom. The molecule has 0 unspecified atom stereocenters. The van der Waals surface area contributed by atoms with Crippen molar-refractivity contribution < 1.29 is 0 Å². The van der Waals surface area contributed by atoms with E-state index in [0.29, 0.717) is 6.54 Å². The largest absolute Gasteiger partial charge is 0.399 e. The number of nitrogens with two attached hydrogens (primary N) is 1. The third kappa shape index (κ3) is 1.54. The van der Waals surface area contributed by atoms with Crippen LogP contribution in [-0.4, -0.2) is 13.1 Å². The number of nitrogens with zero attached hydrogens (tertiary/aromatic N) is 1. The number of nitrogen functional groups attached to an aromatic ring is 1. The third-order valence-electron chi connectivity index (χ3n) is 2.60. The second-order valence-corrected chi connectivity index (χ2v) is 3.62. The fourth-order valence-electron chi connectivity index (χ4n) is 1.97. The Hall–Kier alpha value is -1.62. The molecule has 1 aromatic rings. The van der Waals surface area contributed by atoms with Crippen LogP contribution in [0.4, 0.5) is 11.4 Å². The van der Waals surface area contributed by atoms with E-state index < -0.39 is 0 Å². The van der Waals surface area contributed by atoms with Gasteiger partial charge in [0, 0.05) is 17.9 Å². The third-order valence-corrected chi connectivity index (χ3v) is 2.60. The number of terminal acetylenes is 1. The molecule has 2 heteroatoms. The number of anilines is 2. The van der Waals surface area contributed by atoms with Crippen LogP contribution in [0.1, 0.15) is 12.0 Å². The van der Waals surface area contributed by atoms with Gasteiger partial charge in [-0.3, -0.25) is 0 Å². The lowest BCUT2D eigenvalue weighted by atomic mass is 10.0. The van der Waals surface area contributed by atoms with E-state index in [9.17, 15) is 0 Å². The first-order valence-corrected chi connectivity index (χ1v) is 4.88. The summed E-state index contributed by atoms with van der Waals surface area (Å²) in [4.78, 5) is 2.23. The molecule has 14 heavy (non-hydrogen) atoms. The molecule has 2 rings (SSSR count). The highest BCUT2D eigenvalue weighted by molar-refractivity contribution is 5.61. The Morgan fingerprint density at radius 1 is 1.50 bits per heavy atom. The average molecular weight is 186 g/mol. The molecule has 1 aliphatic heterocycles. The van der Waals surface area contributed by atoms with Gasteiger partial charge >= 0.3 is 0 Å². The van der Waals surface area contributed by atoms with Crippen LogP contribution < -0.4 is 10.6 Å². The van der Waals surface area contributed by atoms with E-state index >= 15 is 0 Å². The molecule has 1 aromatic carbocycles. The Labute approximate surface area is 84.7 Å². The van der Waals surface area contributed by atoms with E-state index in [1.807, 2.05) is 6.07 Å². The molecular weight excluding hydrogens is 172 g/mol. The van der Waals surface area contributed by atoms with Crippen LogP contribution in [0.25, 0.3) is 0 Å². The standard InChI is InChI=1S/C12H14N2/c1-2-7-14-8-3-4-10-9-11(13)5-6-12(10)14/h1,5-6,9H,3-4,7-8,13H2. The summed E-state index contributed by atoms with van der Waals surface area (Å²) in [6.07, 6.45) is 7.61. The van der Waals surface area contributed by atoms with E-state index in [4.69, 9.17) is 12.2 Å². The van der Waals surface area contributed by atoms with Gasteiger partial charge in [-0.25, -0.2) is 0 Å². The van der Waals surface area contributed by atoms with Gasteiger partial charge in [0.1, 0.15) is 0 Å². The summed E-state index contributed by atoms with van der Waals surface area (Å²) < 4.78 is 0. The Morgan fingerprint density at radius 2 is 2.36 bits per heavy atom. The van der Waals surface area contributed by atoms with Crippen molar-refractivity contribution in [2.45, 2.75) is 12.8 Å². The Kier molecular flexibility index (Phi) is 2.32. The quantitative estimate of drug-likeness (QED) is 0.534. The summed E-state index contributed by atoms with van der Waals surface area (Å²) in [6, 6.07) is 6.06. The van der Waals surface area contributed by atoms with Crippen molar-refractivity contribution in [2.75, 3.05) is 23.7 Å². The molecule has 0 saturated carbocycles. The van der Waals surface area contributed by atoms with Crippen LogP contribution in [0, 0.1) is 12.3 Å². The van der Waals surface area contributed by atoms with E-state index in [1.165, 1.54) is 11.3 Å². The zero-order valence-electron chi connectivity index (χ0n) is 8.16. The van der Waals surface area contributed by atoms with Crippen molar-refractivity contribution in [1.82, 2.24) is 0 Å². The van der Waals surface area contributed by atoms with Gasteiger partial charge in [-0.1, -0.05) is 5.92 Å². The summed E-state index contributed by atoms with van der Waals surface area (Å²) in [5.41, 5.74) is 9.16. The highest BCUT2D eigenvalue weighted by Gasteiger charge is 2.15. The molecule has 2 nitrogen and oxygen atoms in total. The second kappa shape index (κ2) is 3.63. The van der Waals surface area contributed by atoms with Crippen molar-refractivity contribution in [2.24, 2.45) is 0 Å². The maximum absolute atomic E-state index is 5.74. The molecule has 0 radical (unpaired) electrons. The number of fused-ring (bicyclic) bond motifs is 1. The normalized spacial score (nSPS) is 14.6. The number of aryl methyl sites for hydroxylation is 1. The molecular formula is C12H14N2. The van der Waals surface area contributed by atoms with Crippen molar-refractivity contribution in [1.29, 1.82) is 0 Å². The molecule has 0 fully saturated rings. The van der Waals surface area contributed by atoms with Gasteiger partial charge in [0.05, 0.1) is 6.54 Å². The molecule has 1 aliphatic rings. The van der Waals surface area contributed by atoms with Gasteiger partial charge in [-0.05, 0) is 36.6 Å². The average Bonchev–Trinajstić information content (AvgIpc) is 2.18. The summed E-state index contributed by atoms with van der Waals surface area (Å²) in [7, 11) is 0. The van der Waals surface area contributed by atoms with Crippen LogP contribution in [0.2, 0.25) is 0 Å². The topological polar surface area (TPSA) is 29.3 Å². The van der Waals surface area contributed by atoms with Crippen molar-refractivity contribution in [3.8, 4) is 12.3 Å². The summed E-state index contributed by atoms with van der Waals surface area (Å²) in [5, 5.41) is 0. The minimum atomic E-state index is 0.691. The van der Waals surface area contributed by atoms with Gasteiger partial charge in [0.15, 0.2) is 0 Å². The predicted molar refractivity (Wildman–Crippen MR) is 60.2 cm³/mol. The van der Waals surface area contributed by atoms with E-state index in [1.54, 1.807) is 0 Å². The van der Waals surface area contributed by atoms with Crippen molar-refractivity contribution in [3.05, 3.63) is 23.8 Å². The van der Waals surface area contributed by atoms with Gasteiger partial charge in [-0.15, -0.1) is 6.42 Å². The predicted octanol–water partition coefficient (Wildman–Crippen LogP) is 1.65. The van der Waals surface area contributed by atoms with Gasteiger partial charge < -0.3 is 10.6 Å². The fraction of sp³-hybridized carbons (Fsp3) is 0.333. The first-order valence-electron chi connectivity index (χ1n) is 4.88. The monoisotopic (exact) mass is 186 g/mol. The van der Waals surface area contributed by atoms with E-state index in [-0.39, 0.29) is 0 Å². The molecule has 0 aromatic heterocycles. The van der Waals surface area contributed by atoms with E-state index in [2.05, 4.69) is 23.0 Å². The summed E-state index contributed by atoms with van der Waals surface area (Å²) in [5.74, 6) is 2.69. The van der Waals surface area contributed by atoms with Crippen LogP contribution in [-0.2, 0) is 6.42 Å². The maximum atomic E-state index is 5.74. The van der Waals surface area contributed by atoms with E-state index in [0.717, 1.165) is 25.1 Å². The summed E-state index contributed by atoms with van der Waals surface area (Å²) >= 11 is 0. The molecule has 0 aliphatic carbocycles. The molecule has 0 spiro atoms. The maximum Gasteiger partial charge on any atom is 0.0791 e. The first-order chi connectivity index (χ1) is 6.81. The minimum absolute atomic E-state index is 0.691. The molecule has 2 N–H and O–H groups in total. The Bertz CT molecular complexity index is 376. The second-order valence-electron chi connectivity index (χ2n) is 3.62. The highest BCUT2D eigenvalue weighted by Crippen LogP contribution is 2.28. The molecule has 1 heterocycles. The number of rotatable bonds is 1. The lowest BCUT2D eigenvalue weighted by Gasteiger charge is -2.29. The number of benzene rings is 1. The van der Waals surface area contributed by atoms with Crippen molar-refractivity contribution in [3.63, 3.8) is 0 Å². The molecule has 0 saturated heterocycles. The SMILES string of the molecule is C#CCN1CCCc2cc(N)ccc21. The summed E-state index contributed by atoms with van der Waals surface area (Å²) in [6.45, 7) is 1.75. The first kappa shape index (κ1) is 8.96. The molecule has 0 bridgehead atoms. The number of hydrogen-bond acceptors (Lipinski definition) is 2. The zero-order valence-corrected chi connectivity index (χ0v) is 8.16. The van der Waals surface area contributed by atoms with Crippen LogP contribution in [0.3, 0.4) is 0 Å². The molecule has 0 amide bonds. The van der Waals surface area contributed by atoms with Gasteiger partial charge in [-0.2, -0.15) is 0 Å². The fourth-order valence-corrected chi connectivity index (χ4v) is 1.97. The van der Waals surface area contributed by atoms with Crippen LogP contribution in [0.15, 0.2) is 18.2 Å². The smallest absolute Gasteiger partial charge is 0.0791 e. The lowest BCUT2D eigenvalue weighted by molar-refractivity contribution is 0.727.